The van der Waals surface area contributed by atoms with E-state index in [2.05, 4.69) is 17.6 Å². The number of fused-ring (bicyclic) bond motifs is 1. The van der Waals surface area contributed by atoms with Gasteiger partial charge in [0.05, 0.1) is 11.0 Å². The summed E-state index contributed by atoms with van der Waals surface area (Å²) in [6.07, 6.45) is 1.52. The van der Waals surface area contributed by atoms with E-state index in [4.69, 9.17) is 16.6 Å². The zero-order chi connectivity index (χ0) is 18.3. The summed E-state index contributed by atoms with van der Waals surface area (Å²) in [5.74, 6) is 1.24. The maximum atomic E-state index is 12.7. The molecule has 1 aliphatic rings. The lowest BCUT2D eigenvalue weighted by molar-refractivity contribution is -0.117. The van der Waals surface area contributed by atoms with Crippen molar-refractivity contribution in [1.82, 2.24) is 9.55 Å². The molecule has 0 spiro atoms. The molecule has 1 aromatic heterocycles. The third-order valence-electron chi connectivity index (χ3n) is 5.09. The van der Waals surface area contributed by atoms with Crippen LogP contribution in [0.15, 0.2) is 42.5 Å². The molecule has 1 saturated heterocycles. The zero-order valence-electron chi connectivity index (χ0n) is 15.1. The van der Waals surface area contributed by atoms with Crippen molar-refractivity contribution in [2.24, 2.45) is 0 Å². The number of para-hydroxylation sites is 2. The molecule has 1 atom stereocenters. The van der Waals surface area contributed by atoms with E-state index in [0.29, 0.717) is 18.0 Å². The third-order valence-corrected chi connectivity index (χ3v) is 5.50. The smallest absolute Gasteiger partial charge is 0.227 e. The normalized spacial score (nSPS) is 17.4. The number of anilines is 1. The van der Waals surface area contributed by atoms with Gasteiger partial charge in [0, 0.05) is 36.1 Å². The molecule has 4 nitrogen and oxygen atoms in total. The molecule has 4 rings (SSSR count). The van der Waals surface area contributed by atoms with E-state index in [1.807, 2.05) is 48.2 Å². The molecule has 0 saturated carbocycles. The average molecular weight is 368 g/mol. The molecule has 26 heavy (non-hydrogen) atoms. The summed E-state index contributed by atoms with van der Waals surface area (Å²) in [5.41, 5.74) is 4.03. The molecule has 0 N–H and O–H groups in total. The van der Waals surface area contributed by atoms with Crippen LogP contribution in [0, 0.1) is 6.92 Å². The number of nitrogens with zero attached hydrogens (tertiary/aromatic N) is 3. The Bertz CT molecular complexity index is 979. The van der Waals surface area contributed by atoms with E-state index in [9.17, 15) is 4.79 Å². The molecule has 2 aromatic carbocycles. The predicted octanol–water partition coefficient (Wildman–Crippen LogP) is 4.93. The lowest BCUT2D eigenvalue weighted by Gasteiger charge is -2.18. The van der Waals surface area contributed by atoms with Crippen molar-refractivity contribution in [2.75, 3.05) is 11.4 Å². The first-order chi connectivity index (χ1) is 12.6. The van der Waals surface area contributed by atoms with Crippen molar-refractivity contribution < 1.29 is 4.79 Å². The van der Waals surface area contributed by atoms with Crippen molar-refractivity contribution in [1.29, 1.82) is 0 Å². The Morgan fingerprint density at radius 1 is 1.23 bits per heavy atom. The number of carbonyl (C=O) groups excluding carboxylic acids is 1. The Kier molecular flexibility index (Phi) is 4.45. The Balaban J connectivity index is 1.69. The van der Waals surface area contributed by atoms with Gasteiger partial charge in [0.25, 0.3) is 0 Å². The molecule has 0 bridgehead atoms. The van der Waals surface area contributed by atoms with Crippen LogP contribution >= 0.6 is 11.6 Å². The van der Waals surface area contributed by atoms with Crippen molar-refractivity contribution in [3.05, 3.63) is 58.9 Å². The number of aryl methyl sites for hydroxylation is 2. The number of benzene rings is 2. The zero-order valence-corrected chi connectivity index (χ0v) is 15.8. The van der Waals surface area contributed by atoms with Crippen LogP contribution in [-0.2, 0) is 11.3 Å². The van der Waals surface area contributed by atoms with Crippen LogP contribution in [0.1, 0.15) is 37.1 Å². The van der Waals surface area contributed by atoms with Gasteiger partial charge in [-0.2, -0.15) is 0 Å². The first kappa shape index (κ1) is 17.1. The molecule has 1 amide bonds. The Labute approximate surface area is 158 Å². The number of hydrogen-bond acceptors (Lipinski definition) is 2. The van der Waals surface area contributed by atoms with Crippen molar-refractivity contribution in [2.45, 2.75) is 39.2 Å². The molecule has 3 aromatic rings. The average Bonchev–Trinajstić information content (AvgIpc) is 3.19. The van der Waals surface area contributed by atoms with Gasteiger partial charge in [0.2, 0.25) is 5.91 Å². The van der Waals surface area contributed by atoms with E-state index >= 15 is 0 Å². The monoisotopic (exact) mass is 367 g/mol. The quantitative estimate of drug-likeness (QED) is 0.655. The second kappa shape index (κ2) is 6.76. The summed E-state index contributed by atoms with van der Waals surface area (Å²) in [5, 5.41) is 0.692. The van der Waals surface area contributed by atoms with Crippen LogP contribution in [0.25, 0.3) is 11.0 Å². The molecule has 5 heteroatoms. The molecular weight excluding hydrogens is 346 g/mol. The summed E-state index contributed by atoms with van der Waals surface area (Å²) in [6, 6.07) is 14.0. The van der Waals surface area contributed by atoms with Crippen LogP contribution in [-0.4, -0.2) is 22.0 Å². The van der Waals surface area contributed by atoms with E-state index in [1.54, 1.807) is 0 Å². The van der Waals surface area contributed by atoms with Crippen LogP contribution in [0.3, 0.4) is 0 Å². The van der Waals surface area contributed by atoms with Crippen LogP contribution in [0.2, 0.25) is 5.02 Å². The fourth-order valence-electron chi connectivity index (χ4n) is 3.74. The largest absolute Gasteiger partial charge is 0.328 e. The molecule has 2 heterocycles. The number of amides is 1. The van der Waals surface area contributed by atoms with Gasteiger partial charge in [-0.25, -0.2) is 4.98 Å². The Morgan fingerprint density at radius 2 is 2.04 bits per heavy atom. The predicted molar refractivity (Wildman–Crippen MR) is 106 cm³/mol. The number of carbonyl (C=O) groups is 1. The highest BCUT2D eigenvalue weighted by Gasteiger charge is 2.34. The van der Waals surface area contributed by atoms with Crippen molar-refractivity contribution >= 4 is 34.2 Å². The summed E-state index contributed by atoms with van der Waals surface area (Å²) < 4.78 is 2.28. The maximum Gasteiger partial charge on any atom is 0.227 e. The summed E-state index contributed by atoms with van der Waals surface area (Å²) in [4.78, 5) is 19.4. The number of rotatable bonds is 4. The highest BCUT2D eigenvalue weighted by molar-refractivity contribution is 6.31. The van der Waals surface area contributed by atoms with Gasteiger partial charge in [-0.3, -0.25) is 4.79 Å². The lowest BCUT2D eigenvalue weighted by atomic mass is 10.1. The van der Waals surface area contributed by atoms with E-state index in [1.165, 1.54) is 0 Å². The van der Waals surface area contributed by atoms with Gasteiger partial charge in [-0.15, -0.1) is 0 Å². The van der Waals surface area contributed by atoms with Crippen LogP contribution < -0.4 is 4.90 Å². The summed E-state index contributed by atoms with van der Waals surface area (Å²) in [6.45, 7) is 5.69. The summed E-state index contributed by atoms with van der Waals surface area (Å²) >= 11 is 6.26. The first-order valence-electron chi connectivity index (χ1n) is 9.10. The molecule has 0 aliphatic carbocycles. The standard InChI is InChI=1S/C21H22ClN3O/c1-3-10-24-19-7-5-4-6-18(19)23-21(24)15-11-20(26)25(13-15)16-9-8-14(2)17(22)12-16/h4-9,12,15H,3,10-11,13H2,1-2H3/t15-/m1/s1. The summed E-state index contributed by atoms with van der Waals surface area (Å²) in [7, 11) is 0. The third kappa shape index (κ3) is 2.88. The van der Waals surface area contributed by atoms with E-state index in [-0.39, 0.29) is 11.8 Å². The fourth-order valence-corrected chi connectivity index (χ4v) is 3.92. The molecule has 134 valence electrons. The minimum absolute atomic E-state index is 0.0986. The highest BCUT2D eigenvalue weighted by atomic mass is 35.5. The van der Waals surface area contributed by atoms with Gasteiger partial charge in [0.1, 0.15) is 5.82 Å². The number of hydrogen-bond donors (Lipinski definition) is 0. The van der Waals surface area contributed by atoms with Gasteiger partial charge in [-0.1, -0.05) is 36.7 Å². The van der Waals surface area contributed by atoms with Gasteiger partial charge < -0.3 is 9.47 Å². The van der Waals surface area contributed by atoms with Crippen LogP contribution in [0.4, 0.5) is 5.69 Å². The van der Waals surface area contributed by atoms with Crippen molar-refractivity contribution in [3.8, 4) is 0 Å². The minimum atomic E-state index is 0.0986. The van der Waals surface area contributed by atoms with Gasteiger partial charge in [-0.05, 0) is 43.2 Å². The highest BCUT2D eigenvalue weighted by Crippen LogP contribution is 2.34. The van der Waals surface area contributed by atoms with Gasteiger partial charge >= 0.3 is 0 Å². The number of halogens is 1. The number of imidazole rings is 1. The molecule has 0 unspecified atom stereocenters. The molecule has 0 radical (unpaired) electrons. The first-order valence-corrected chi connectivity index (χ1v) is 9.48. The number of aromatic nitrogens is 2. The molecule has 1 fully saturated rings. The fraction of sp³-hybridized carbons (Fsp3) is 0.333. The lowest BCUT2D eigenvalue weighted by Crippen LogP contribution is -2.24. The van der Waals surface area contributed by atoms with E-state index < -0.39 is 0 Å². The Hall–Kier alpha value is -2.33. The molecular formula is C21H22ClN3O. The second-order valence-corrected chi connectivity index (χ2v) is 7.36. The molecule has 1 aliphatic heterocycles. The topological polar surface area (TPSA) is 38.1 Å². The minimum Gasteiger partial charge on any atom is -0.328 e. The Morgan fingerprint density at radius 3 is 2.81 bits per heavy atom. The van der Waals surface area contributed by atoms with Crippen molar-refractivity contribution in [3.63, 3.8) is 0 Å². The maximum absolute atomic E-state index is 12.7. The van der Waals surface area contributed by atoms with Crippen LogP contribution in [0.5, 0.6) is 0 Å². The van der Waals surface area contributed by atoms with E-state index in [0.717, 1.165) is 41.1 Å². The SMILES string of the molecule is CCCn1c([C@@H]2CC(=O)N(c3ccc(C)c(Cl)c3)C2)nc2ccccc21. The van der Waals surface area contributed by atoms with Gasteiger partial charge in [0.15, 0.2) is 0 Å². The second-order valence-electron chi connectivity index (χ2n) is 6.95.